The van der Waals surface area contributed by atoms with E-state index in [4.69, 9.17) is 0 Å². The van der Waals surface area contributed by atoms with Crippen LogP contribution in [0, 0.1) is 0 Å². The van der Waals surface area contributed by atoms with Gasteiger partial charge < -0.3 is 10.4 Å². The van der Waals surface area contributed by atoms with Crippen LogP contribution in [0.25, 0.3) is 0 Å². The average Bonchev–Trinajstić information content (AvgIpc) is 3.11. The minimum absolute atomic E-state index is 0.152. The number of aromatic nitrogens is 2. The Balaban J connectivity index is 1.46. The molecule has 2 aromatic rings. The van der Waals surface area contributed by atoms with Crippen LogP contribution in [-0.4, -0.2) is 39.8 Å². The van der Waals surface area contributed by atoms with Crippen molar-refractivity contribution in [2.45, 2.75) is 44.1 Å². The molecule has 3 N–H and O–H groups in total. The van der Waals surface area contributed by atoms with Gasteiger partial charge in [0.1, 0.15) is 5.69 Å². The van der Waals surface area contributed by atoms with Crippen molar-refractivity contribution in [3.63, 3.8) is 0 Å². The third-order valence-corrected chi connectivity index (χ3v) is 5.66. The molecule has 0 spiro atoms. The number of benzene rings is 1. The molecule has 0 saturated carbocycles. The van der Waals surface area contributed by atoms with Gasteiger partial charge in [0.25, 0.3) is 0 Å². The standard InChI is InChI=1S/C19H23F3N4O/c20-19(21,22)15-4-2-1-3-13(15)12-6-9-26(10-7-12)18(27)17-14-11-23-8-5-16(14)24-25-17/h1-4,12,18,23,27H,5-11H2,(H,24,25). The van der Waals surface area contributed by atoms with Gasteiger partial charge in [0, 0.05) is 43.9 Å². The molecular weight excluding hydrogens is 357 g/mol. The number of halogens is 3. The number of alkyl halides is 3. The first-order valence-corrected chi connectivity index (χ1v) is 9.30. The van der Waals surface area contributed by atoms with Crippen molar-refractivity contribution in [1.82, 2.24) is 20.4 Å². The Hall–Kier alpha value is -1.90. The van der Waals surface area contributed by atoms with Crippen LogP contribution in [0.4, 0.5) is 13.2 Å². The summed E-state index contributed by atoms with van der Waals surface area (Å²) in [6.07, 6.45) is -3.16. The van der Waals surface area contributed by atoms with E-state index in [-0.39, 0.29) is 5.92 Å². The summed E-state index contributed by atoms with van der Waals surface area (Å²) in [5.74, 6) is -0.152. The number of H-pyrrole nitrogens is 1. The second-order valence-electron chi connectivity index (χ2n) is 7.26. The second kappa shape index (κ2) is 7.26. The average molecular weight is 380 g/mol. The van der Waals surface area contributed by atoms with E-state index in [1.807, 2.05) is 4.90 Å². The lowest BCUT2D eigenvalue weighted by Crippen LogP contribution is -2.37. The Morgan fingerprint density at radius 3 is 2.67 bits per heavy atom. The van der Waals surface area contributed by atoms with Crippen molar-refractivity contribution in [2.75, 3.05) is 19.6 Å². The fourth-order valence-corrected chi connectivity index (χ4v) is 4.20. The topological polar surface area (TPSA) is 64.2 Å². The van der Waals surface area contributed by atoms with Gasteiger partial charge in [0.2, 0.25) is 0 Å². The van der Waals surface area contributed by atoms with E-state index in [0.717, 1.165) is 30.3 Å². The van der Waals surface area contributed by atoms with Gasteiger partial charge in [-0.2, -0.15) is 18.3 Å². The maximum Gasteiger partial charge on any atom is 0.416 e. The van der Waals surface area contributed by atoms with Crippen molar-refractivity contribution >= 4 is 0 Å². The van der Waals surface area contributed by atoms with Crippen LogP contribution in [0.5, 0.6) is 0 Å². The van der Waals surface area contributed by atoms with Crippen LogP contribution in [0.2, 0.25) is 0 Å². The largest absolute Gasteiger partial charge is 0.416 e. The van der Waals surface area contributed by atoms with Crippen LogP contribution in [0.15, 0.2) is 24.3 Å². The molecule has 1 atom stereocenters. The van der Waals surface area contributed by atoms with Gasteiger partial charge in [-0.05, 0) is 30.4 Å². The first-order chi connectivity index (χ1) is 12.9. The van der Waals surface area contributed by atoms with Gasteiger partial charge in [0.15, 0.2) is 6.23 Å². The van der Waals surface area contributed by atoms with Gasteiger partial charge in [-0.15, -0.1) is 0 Å². The zero-order valence-electron chi connectivity index (χ0n) is 14.9. The number of aliphatic hydroxyl groups is 1. The molecule has 2 aliphatic rings. The first-order valence-electron chi connectivity index (χ1n) is 9.30. The quantitative estimate of drug-likeness (QED) is 0.766. The summed E-state index contributed by atoms with van der Waals surface area (Å²) in [6, 6.07) is 5.82. The molecule has 0 amide bonds. The number of aliphatic hydroxyl groups excluding tert-OH is 1. The number of fused-ring (bicyclic) bond motifs is 1. The number of likely N-dealkylation sites (tertiary alicyclic amines) is 1. The lowest BCUT2D eigenvalue weighted by atomic mass is 9.86. The van der Waals surface area contributed by atoms with Gasteiger partial charge in [-0.25, -0.2) is 0 Å². The van der Waals surface area contributed by atoms with Crippen molar-refractivity contribution in [3.05, 3.63) is 52.3 Å². The Labute approximate surface area is 155 Å². The van der Waals surface area contributed by atoms with Crippen molar-refractivity contribution in [2.24, 2.45) is 0 Å². The molecule has 1 saturated heterocycles. The Bertz CT molecular complexity index is 796. The molecule has 1 aromatic heterocycles. The molecule has 5 nitrogen and oxygen atoms in total. The number of hydrogen-bond acceptors (Lipinski definition) is 4. The van der Waals surface area contributed by atoms with Gasteiger partial charge >= 0.3 is 6.18 Å². The Kier molecular flexibility index (Phi) is 4.96. The molecule has 1 unspecified atom stereocenters. The van der Waals surface area contributed by atoms with Crippen molar-refractivity contribution < 1.29 is 18.3 Å². The fourth-order valence-electron chi connectivity index (χ4n) is 4.20. The lowest BCUT2D eigenvalue weighted by molar-refractivity contribution is -0.138. The maximum absolute atomic E-state index is 13.3. The molecule has 1 fully saturated rings. The first kappa shape index (κ1) is 18.5. The Morgan fingerprint density at radius 2 is 1.93 bits per heavy atom. The number of rotatable bonds is 3. The van der Waals surface area contributed by atoms with E-state index in [2.05, 4.69) is 15.5 Å². The molecule has 0 radical (unpaired) electrons. The third kappa shape index (κ3) is 3.61. The Morgan fingerprint density at radius 1 is 1.19 bits per heavy atom. The van der Waals surface area contributed by atoms with Crippen molar-refractivity contribution in [1.29, 1.82) is 0 Å². The number of hydrogen-bond donors (Lipinski definition) is 3. The van der Waals surface area contributed by atoms with Gasteiger partial charge in [-0.3, -0.25) is 10.00 Å². The highest BCUT2D eigenvalue weighted by molar-refractivity contribution is 5.33. The summed E-state index contributed by atoms with van der Waals surface area (Å²) >= 11 is 0. The number of nitrogens with one attached hydrogen (secondary N) is 2. The van der Waals surface area contributed by atoms with E-state index < -0.39 is 18.0 Å². The summed E-state index contributed by atoms with van der Waals surface area (Å²) in [5.41, 5.74) is 2.51. The van der Waals surface area contributed by atoms with Gasteiger partial charge in [0.05, 0.1) is 5.56 Å². The van der Waals surface area contributed by atoms with E-state index in [1.165, 1.54) is 6.07 Å². The fraction of sp³-hybridized carbons (Fsp3) is 0.526. The number of aromatic amines is 1. The smallest absolute Gasteiger partial charge is 0.372 e. The summed E-state index contributed by atoms with van der Waals surface area (Å²) in [7, 11) is 0. The van der Waals surface area contributed by atoms with Crippen LogP contribution >= 0.6 is 0 Å². The van der Waals surface area contributed by atoms with Crippen LogP contribution < -0.4 is 5.32 Å². The van der Waals surface area contributed by atoms with Crippen LogP contribution in [0.3, 0.4) is 0 Å². The maximum atomic E-state index is 13.3. The van der Waals surface area contributed by atoms with Crippen LogP contribution in [-0.2, 0) is 19.1 Å². The third-order valence-electron chi connectivity index (χ3n) is 5.66. The normalized spacial score (nSPS) is 20.4. The molecule has 4 rings (SSSR count). The SMILES string of the molecule is OC(c1n[nH]c2c1CNCC2)N1CCC(c2ccccc2C(F)(F)F)CC1. The zero-order valence-corrected chi connectivity index (χ0v) is 14.9. The number of nitrogens with zero attached hydrogens (tertiary/aromatic N) is 2. The highest BCUT2D eigenvalue weighted by Crippen LogP contribution is 2.39. The van der Waals surface area contributed by atoms with Crippen molar-refractivity contribution in [3.8, 4) is 0 Å². The lowest BCUT2D eigenvalue weighted by Gasteiger charge is -2.35. The summed E-state index contributed by atoms with van der Waals surface area (Å²) in [5, 5.41) is 21.3. The molecule has 0 bridgehead atoms. The molecular formula is C19H23F3N4O. The summed E-state index contributed by atoms with van der Waals surface area (Å²) in [4.78, 5) is 1.90. The summed E-state index contributed by atoms with van der Waals surface area (Å²) in [6.45, 7) is 2.63. The van der Waals surface area contributed by atoms with E-state index in [9.17, 15) is 18.3 Å². The minimum atomic E-state index is -4.34. The minimum Gasteiger partial charge on any atom is -0.372 e. The van der Waals surface area contributed by atoms with E-state index in [1.54, 1.807) is 12.1 Å². The highest BCUT2D eigenvalue weighted by atomic mass is 19.4. The van der Waals surface area contributed by atoms with E-state index in [0.29, 0.717) is 43.7 Å². The van der Waals surface area contributed by atoms with Crippen LogP contribution in [0.1, 0.15) is 53.1 Å². The highest BCUT2D eigenvalue weighted by Gasteiger charge is 2.36. The summed E-state index contributed by atoms with van der Waals surface area (Å²) < 4.78 is 39.9. The monoisotopic (exact) mass is 380 g/mol. The predicted octanol–water partition coefficient (Wildman–Crippen LogP) is 2.94. The molecule has 0 aliphatic carbocycles. The molecule has 146 valence electrons. The van der Waals surface area contributed by atoms with Gasteiger partial charge in [-0.1, -0.05) is 18.2 Å². The molecule has 1 aromatic carbocycles. The number of piperidine rings is 1. The molecule has 3 heterocycles. The predicted molar refractivity (Wildman–Crippen MR) is 94.0 cm³/mol. The molecule has 27 heavy (non-hydrogen) atoms. The second-order valence-corrected chi connectivity index (χ2v) is 7.26. The zero-order chi connectivity index (χ0) is 19.0. The van der Waals surface area contributed by atoms with E-state index >= 15 is 0 Å². The molecule has 8 heteroatoms. The molecule has 2 aliphatic heterocycles.